The molecule has 0 fully saturated rings. The van der Waals surface area contributed by atoms with E-state index in [1.54, 1.807) is 48.5 Å². The number of anilines is 1. The van der Waals surface area contributed by atoms with Gasteiger partial charge in [0.2, 0.25) is 0 Å². The van der Waals surface area contributed by atoms with Crippen LogP contribution in [0.3, 0.4) is 0 Å². The van der Waals surface area contributed by atoms with Crippen LogP contribution in [0.25, 0.3) is 10.8 Å². The van der Waals surface area contributed by atoms with E-state index in [-0.39, 0.29) is 23.7 Å². The second kappa shape index (κ2) is 7.66. The Bertz CT molecular complexity index is 1200. The minimum absolute atomic E-state index is 0.195. The van der Waals surface area contributed by atoms with Gasteiger partial charge in [0.05, 0.1) is 11.9 Å². The summed E-state index contributed by atoms with van der Waals surface area (Å²) >= 11 is 5.90. The highest BCUT2D eigenvalue weighted by molar-refractivity contribution is 6.30. The maximum absolute atomic E-state index is 12.9. The molecule has 28 heavy (non-hydrogen) atoms. The van der Waals surface area contributed by atoms with Crippen LogP contribution in [-0.4, -0.2) is 15.7 Å². The molecule has 0 bridgehead atoms. The number of nitrogens with zero attached hydrogens (tertiary/aromatic N) is 2. The van der Waals surface area contributed by atoms with Gasteiger partial charge < -0.3 is 5.32 Å². The number of aromatic nitrogens is 2. The predicted molar refractivity (Wildman–Crippen MR) is 111 cm³/mol. The zero-order valence-corrected chi connectivity index (χ0v) is 15.6. The molecular formula is C22H16ClN3O2. The number of hydrogen-bond acceptors (Lipinski definition) is 3. The Balaban J connectivity index is 1.78. The molecule has 4 aromatic rings. The Kier molecular flexibility index (Phi) is 4.91. The molecule has 3 aromatic carbocycles. The number of rotatable bonds is 4. The van der Waals surface area contributed by atoms with E-state index in [4.69, 9.17) is 11.6 Å². The van der Waals surface area contributed by atoms with Crippen molar-refractivity contribution < 1.29 is 4.79 Å². The van der Waals surface area contributed by atoms with Crippen molar-refractivity contribution in [2.24, 2.45) is 0 Å². The number of benzene rings is 3. The molecule has 0 aliphatic carbocycles. The van der Waals surface area contributed by atoms with Crippen molar-refractivity contribution in [2.45, 2.75) is 6.54 Å². The summed E-state index contributed by atoms with van der Waals surface area (Å²) in [5.74, 6) is -0.389. The van der Waals surface area contributed by atoms with E-state index in [1.165, 1.54) is 4.68 Å². The number of fused-ring (bicyclic) bond motifs is 1. The van der Waals surface area contributed by atoms with Crippen molar-refractivity contribution in [2.75, 3.05) is 5.32 Å². The molecule has 0 radical (unpaired) electrons. The maximum atomic E-state index is 12.9. The second-order valence-electron chi connectivity index (χ2n) is 6.30. The molecule has 0 saturated carbocycles. The van der Waals surface area contributed by atoms with Crippen LogP contribution in [0.4, 0.5) is 5.69 Å². The lowest BCUT2D eigenvalue weighted by molar-refractivity contribution is 0.102. The molecule has 0 spiro atoms. The van der Waals surface area contributed by atoms with Crippen LogP contribution < -0.4 is 10.9 Å². The van der Waals surface area contributed by atoms with Crippen molar-refractivity contribution in [1.29, 1.82) is 0 Å². The van der Waals surface area contributed by atoms with E-state index in [0.29, 0.717) is 21.5 Å². The van der Waals surface area contributed by atoms with Crippen LogP contribution in [0.2, 0.25) is 5.02 Å². The van der Waals surface area contributed by atoms with E-state index in [0.717, 1.165) is 5.56 Å². The summed E-state index contributed by atoms with van der Waals surface area (Å²) in [5.41, 5.74) is 1.49. The molecular weight excluding hydrogens is 374 g/mol. The molecule has 5 nitrogen and oxygen atoms in total. The average molecular weight is 390 g/mol. The van der Waals surface area contributed by atoms with Gasteiger partial charge in [0, 0.05) is 16.1 Å². The van der Waals surface area contributed by atoms with Crippen molar-refractivity contribution >= 4 is 34.0 Å². The Morgan fingerprint density at radius 3 is 2.25 bits per heavy atom. The first-order chi connectivity index (χ1) is 13.6. The summed E-state index contributed by atoms with van der Waals surface area (Å²) in [6, 6.07) is 23.3. The summed E-state index contributed by atoms with van der Waals surface area (Å²) < 4.78 is 1.33. The number of carbonyl (C=O) groups excluding carboxylic acids is 1. The Labute approximate surface area is 166 Å². The van der Waals surface area contributed by atoms with Crippen molar-refractivity contribution in [1.82, 2.24) is 9.78 Å². The largest absolute Gasteiger partial charge is 0.321 e. The van der Waals surface area contributed by atoms with Gasteiger partial charge in [0.1, 0.15) is 0 Å². The predicted octanol–water partition coefficient (Wildman–Crippen LogP) is 4.35. The van der Waals surface area contributed by atoms with E-state index in [2.05, 4.69) is 10.4 Å². The first-order valence-electron chi connectivity index (χ1n) is 8.72. The molecule has 1 aromatic heterocycles. The summed E-state index contributed by atoms with van der Waals surface area (Å²) in [6.07, 6.45) is 0. The minimum Gasteiger partial charge on any atom is -0.321 e. The van der Waals surface area contributed by atoms with E-state index in [9.17, 15) is 9.59 Å². The quantitative estimate of drug-likeness (QED) is 0.564. The maximum Gasteiger partial charge on any atom is 0.276 e. The lowest BCUT2D eigenvalue weighted by Crippen LogP contribution is -2.28. The SMILES string of the molecule is O=C(Nc1ccc(Cl)cc1)c1nn(Cc2ccccc2)c(=O)c2ccccc12. The molecule has 0 saturated heterocycles. The first-order valence-corrected chi connectivity index (χ1v) is 9.10. The van der Waals surface area contributed by atoms with Crippen LogP contribution in [0.15, 0.2) is 83.7 Å². The van der Waals surface area contributed by atoms with Crippen LogP contribution in [0, 0.1) is 0 Å². The van der Waals surface area contributed by atoms with Gasteiger partial charge in [-0.1, -0.05) is 60.1 Å². The van der Waals surface area contributed by atoms with Gasteiger partial charge in [-0.25, -0.2) is 4.68 Å². The molecule has 0 unspecified atom stereocenters. The molecule has 0 atom stereocenters. The Hall–Kier alpha value is -3.44. The average Bonchev–Trinajstić information content (AvgIpc) is 2.72. The lowest BCUT2D eigenvalue weighted by Gasteiger charge is -2.11. The van der Waals surface area contributed by atoms with Crippen molar-refractivity contribution in [3.8, 4) is 0 Å². The molecule has 138 valence electrons. The highest BCUT2D eigenvalue weighted by Crippen LogP contribution is 2.17. The van der Waals surface area contributed by atoms with Crippen LogP contribution >= 0.6 is 11.6 Å². The number of amides is 1. The van der Waals surface area contributed by atoms with Gasteiger partial charge in [0.25, 0.3) is 11.5 Å². The molecule has 1 amide bonds. The summed E-state index contributed by atoms with van der Waals surface area (Å²) in [4.78, 5) is 25.8. The fourth-order valence-corrected chi connectivity index (χ4v) is 3.12. The summed E-state index contributed by atoms with van der Waals surface area (Å²) in [7, 11) is 0. The Morgan fingerprint density at radius 2 is 1.54 bits per heavy atom. The zero-order valence-electron chi connectivity index (χ0n) is 14.8. The molecule has 1 heterocycles. The highest BCUT2D eigenvalue weighted by Gasteiger charge is 2.17. The van der Waals surface area contributed by atoms with Gasteiger partial charge in [-0.15, -0.1) is 0 Å². The van der Waals surface area contributed by atoms with Crippen LogP contribution in [0.5, 0.6) is 0 Å². The molecule has 4 rings (SSSR count). The number of carbonyl (C=O) groups is 1. The van der Waals surface area contributed by atoms with E-state index >= 15 is 0 Å². The number of halogens is 1. The third kappa shape index (κ3) is 3.66. The molecule has 0 aliphatic rings. The topological polar surface area (TPSA) is 64.0 Å². The van der Waals surface area contributed by atoms with Gasteiger partial charge >= 0.3 is 0 Å². The van der Waals surface area contributed by atoms with Gasteiger partial charge in [-0.05, 0) is 35.9 Å². The number of hydrogen-bond donors (Lipinski definition) is 1. The first kappa shape index (κ1) is 17.9. The summed E-state index contributed by atoms with van der Waals surface area (Å²) in [6.45, 7) is 0.283. The highest BCUT2D eigenvalue weighted by atomic mass is 35.5. The minimum atomic E-state index is -0.389. The van der Waals surface area contributed by atoms with Crippen molar-refractivity contribution in [3.63, 3.8) is 0 Å². The van der Waals surface area contributed by atoms with Gasteiger partial charge in [-0.2, -0.15) is 5.10 Å². The lowest BCUT2D eigenvalue weighted by atomic mass is 10.1. The van der Waals surface area contributed by atoms with Crippen LogP contribution in [-0.2, 0) is 6.54 Å². The monoisotopic (exact) mass is 389 g/mol. The zero-order chi connectivity index (χ0) is 19.5. The fourth-order valence-electron chi connectivity index (χ4n) is 2.99. The van der Waals surface area contributed by atoms with Gasteiger partial charge in [-0.3, -0.25) is 9.59 Å². The number of nitrogens with one attached hydrogen (secondary N) is 1. The molecule has 0 aliphatic heterocycles. The standard InChI is InChI=1S/C22H16ClN3O2/c23-16-10-12-17(13-11-16)24-21(27)20-18-8-4-5-9-19(18)22(28)26(25-20)14-15-6-2-1-3-7-15/h1-13H,14H2,(H,24,27). The van der Waals surface area contributed by atoms with Gasteiger partial charge in [0.15, 0.2) is 5.69 Å². The summed E-state index contributed by atoms with van der Waals surface area (Å²) in [5, 5.41) is 8.74. The van der Waals surface area contributed by atoms with E-state index < -0.39 is 0 Å². The normalized spacial score (nSPS) is 10.8. The second-order valence-corrected chi connectivity index (χ2v) is 6.74. The third-order valence-electron chi connectivity index (χ3n) is 4.36. The van der Waals surface area contributed by atoms with Crippen LogP contribution in [0.1, 0.15) is 16.1 Å². The molecule has 1 N–H and O–H groups in total. The van der Waals surface area contributed by atoms with E-state index in [1.807, 2.05) is 30.3 Å². The molecule has 6 heteroatoms. The smallest absolute Gasteiger partial charge is 0.276 e. The van der Waals surface area contributed by atoms with Crippen molar-refractivity contribution in [3.05, 3.63) is 105 Å². The third-order valence-corrected chi connectivity index (χ3v) is 4.61. The fraction of sp³-hybridized carbons (Fsp3) is 0.0455. The Morgan fingerprint density at radius 1 is 0.893 bits per heavy atom.